The first-order valence-corrected chi connectivity index (χ1v) is 6.54. The fourth-order valence-corrected chi connectivity index (χ4v) is 3.01. The lowest BCUT2D eigenvalue weighted by molar-refractivity contribution is 0.578. The van der Waals surface area contributed by atoms with Crippen molar-refractivity contribution in [3.8, 4) is 0 Å². The molecule has 0 fully saturated rings. The van der Waals surface area contributed by atoms with E-state index in [1.165, 1.54) is 24.3 Å². The van der Waals surface area contributed by atoms with E-state index in [1.54, 1.807) is 6.07 Å². The van der Waals surface area contributed by atoms with E-state index in [2.05, 4.69) is 31.9 Å². The Kier molecular flexibility index (Phi) is 3.86. The maximum absolute atomic E-state index is 13.2. The lowest BCUT2D eigenvalue weighted by atomic mass is 10.4. The summed E-state index contributed by atoms with van der Waals surface area (Å²) in [5.74, 6) is 0. The smallest absolute Gasteiger partial charge is 0.216 e. The molecule has 76 valence electrons. The summed E-state index contributed by atoms with van der Waals surface area (Å²) in [5.41, 5.74) is 0. The minimum atomic E-state index is -4.02. The molecule has 1 rings (SSSR count). The van der Waals surface area contributed by atoms with Crippen molar-refractivity contribution in [1.29, 1.82) is 0 Å². The third-order valence-electron chi connectivity index (χ3n) is 1.44. The van der Waals surface area contributed by atoms with E-state index in [-0.39, 0.29) is 8.29 Å². The van der Waals surface area contributed by atoms with Gasteiger partial charge in [0.25, 0.3) is 0 Å². The van der Waals surface area contributed by atoms with Gasteiger partial charge in [-0.25, -0.2) is 8.42 Å². The third kappa shape index (κ3) is 2.43. The van der Waals surface area contributed by atoms with E-state index >= 15 is 0 Å². The highest BCUT2D eigenvalue weighted by atomic mass is 79.9. The molecule has 0 aliphatic heterocycles. The maximum atomic E-state index is 13.2. The van der Waals surface area contributed by atoms with E-state index in [9.17, 15) is 12.8 Å². The fraction of sp³-hybridized carbons (Fsp3) is 0. The first kappa shape index (κ1) is 11.9. The molecule has 0 atom stereocenters. The van der Waals surface area contributed by atoms with Gasteiger partial charge in [0.2, 0.25) is 15.0 Å². The number of sulfone groups is 1. The third-order valence-corrected chi connectivity index (χ3v) is 4.23. The van der Waals surface area contributed by atoms with Gasteiger partial charge in [-0.3, -0.25) is 0 Å². The zero-order chi connectivity index (χ0) is 10.8. The van der Waals surface area contributed by atoms with Crippen LogP contribution in [0.3, 0.4) is 0 Å². The van der Waals surface area contributed by atoms with Crippen LogP contribution in [0.4, 0.5) is 4.39 Å². The summed E-state index contributed by atoms with van der Waals surface area (Å²) < 4.78 is 35.9. The van der Waals surface area contributed by atoms with Crippen LogP contribution in [0.15, 0.2) is 43.8 Å². The molecular formula is C8H5Br2FO2S. The van der Waals surface area contributed by atoms with Crippen LogP contribution in [-0.2, 0) is 9.84 Å². The van der Waals surface area contributed by atoms with Gasteiger partial charge in [-0.05, 0) is 44.0 Å². The Morgan fingerprint density at radius 3 is 2.07 bits per heavy atom. The Labute approximate surface area is 98.0 Å². The van der Waals surface area contributed by atoms with E-state index in [0.717, 1.165) is 0 Å². The minimum Gasteiger partial charge on any atom is -0.216 e. The monoisotopic (exact) mass is 342 g/mol. The molecule has 0 amide bonds. The van der Waals surface area contributed by atoms with Gasteiger partial charge in [0, 0.05) is 0 Å². The number of rotatable bonds is 2. The number of halogens is 3. The Bertz CT molecular complexity index is 449. The molecule has 6 heteroatoms. The molecule has 0 aliphatic rings. The molecular weight excluding hydrogens is 339 g/mol. The van der Waals surface area contributed by atoms with Gasteiger partial charge in [0.15, 0.2) is 0 Å². The van der Waals surface area contributed by atoms with Crippen LogP contribution < -0.4 is 0 Å². The Morgan fingerprint density at radius 2 is 1.64 bits per heavy atom. The van der Waals surface area contributed by atoms with Gasteiger partial charge >= 0.3 is 0 Å². The molecule has 1 aromatic carbocycles. The summed E-state index contributed by atoms with van der Waals surface area (Å²) in [6, 6.07) is 7.38. The van der Waals surface area contributed by atoms with Crippen molar-refractivity contribution in [3.63, 3.8) is 0 Å². The molecule has 0 N–H and O–H groups in total. The number of hydrogen-bond acceptors (Lipinski definition) is 2. The molecule has 0 spiro atoms. The molecule has 0 radical (unpaired) electrons. The van der Waals surface area contributed by atoms with E-state index in [0.29, 0.717) is 0 Å². The summed E-state index contributed by atoms with van der Waals surface area (Å²) in [4.78, 5) is -0.0751. The molecule has 14 heavy (non-hydrogen) atoms. The molecule has 0 aromatic heterocycles. The topological polar surface area (TPSA) is 34.1 Å². The van der Waals surface area contributed by atoms with Crippen LogP contribution in [0.1, 0.15) is 0 Å². The zero-order valence-corrected chi connectivity index (χ0v) is 10.7. The van der Waals surface area contributed by atoms with Gasteiger partial charge in [0.05, 0.1) is 4.90 Å². The lowest BCUT2D eigenvalue weighted by Crippen LogP contribution is -2.01. The van der Waals surface area contributed by atoms with Crippen molar-refractivity contribution in [2.75, 3.05) is 0 Å². The van der Waals surface area contributed by atoms with Crippen molar-refractivity contribution in [2.24, 2.45) is 0 Å². The predicted molar refractivity (Wildman–Crippen MR) is 59.6 cm³/mol. The lowest BCUT2D eigenvalue weighted by Gasteiger charge is -2.00. The first-order chi connectivity index (χ1) is 6.46. The summed E-state index contributed by atoms with van der Waals surface area (Å²) in [7, 11) is -4.02. The SMILES string of the molecule is O=S(=O)(C(F)=C(Br)Br)c1ccccc1. The molecule has 0 saturated carbocycles. The fourth-order valence-electron chi connectivity index (χ4n) is 0.805. The van der Waals surface area contributed by atoms with Crippen molar-refractivity contribution in [1.82, 2.24) is 0 Å². The quantitative estimate of drug-likeness (QED) is 0.825. The predicted octanol–water partition coefficient (Wildman–Crippen LogP) is 3.35. The molecule has 1 aromatic rings. The van der Waals surface area contributed by atoms with E-state index < -0.39 is 15.0 Å². The normalized spacial score (nSPS) is 11.1. The highest BCUT2D eigenvalue weighted by Crippen LogP contribution is 2.28. The van der Waals surface area contributed by atoms with Gasteiger partial charge in [0.1, 0.15) is 3.39 Å². The first-order valence-electron chi connectivity index (χ1n) is 3.47. The van der Waals surface area contributed by atoms with Crippen LogP contribution in [-0.4, -0.2) is 8.42 Å². The average Bonchev–Trinajstić information content (AvgIpc) is 2.18. The highest BCUT2D eigenvalue weighted by molar-refractivity contribution is 9.28. The van der Waals surface area contributed by atoms with Crippen LogP contribution in [0.25, 0.3) is 0 Å². The van der Waals surface area contributed by atoms with Gasteiger partial charge in [-0.2, -0.15) is 4.39 Å². The van der Waals surface area contributed by atoms with E-state index in [4.69, 9.17) is 0 Å². The molecule has 2 nitrogen and oxygen atoms in total. The van der Waals surface area contributed by atoms with Gasteiger partial charge < -0.3 is 0 Å². The second-order valence-corrected chi connectivity index (χ2v) is 6.84. The molecule has 0 bridgehead atoms. The van der Waals surface area contributed by atoms with Crippen molar-refractivity contribution in [3.05, 3.63) is 38.9 Å². The minimum absolute atomic E-state index is 0.0751. The number of benzene rings is 1. The van der Waals surface area contributed by atoms with E-state index in [1.807, 2.05) is 0 Å². The van der Waals surface area contributed by atoms with Gasteiger partial charge in [-0.1, -0.05) is 18.2 Å². The summed E-state index contributed by atoms with van der Waals surface area (Å²) in [5, 5.41) is -1.23. The Balaban J connectivity index is 3.31. The van der Waals surface area contributed by atoms with Crippen molar-refractivity contribution >= 4 is 41.7 Å². The largest absolute Gasteiger partial charge is 0.240 e. The standard InChI is InChI=1S/C8H5Br2FO2S/c9-7(10)8(11)14(12,13)6-4-2-1-3-5-6/h1-5H. The van der Waals surface area contributed by atoms with Crippen molar-refractivity contribution in [2.45, 2.75) is 4.90 Å². The number of hydrogen-bond donors (Lipinski definition) is 0. The van der Waals surface area contributed by atoms with Crippen LogP contribution in [0.2, 0.25) is 0 Å². The Hall–Kier alpha value is -0.200. The van der Waals surface area contributed by atoms with Gasteiger partial charge in [-0.15, -0.1) is 0 Å². The highest BCUT2D eigenvalue weighted by Gasteiger charge is 2.22. The molecule has 0 unspecified atom stereocenters. The molecule has 0 aliphatic carbocycles. The summed E-state index contributed by atoms with van der Waals surface area (Å²) >= 11 is 5.43. The summed E-state index contributed by atoms with van der Waals surface area (Å²) in [6.45, 7) is 0. The second kappa shape index (κ2) is 4.55. The van der Waals surface area contributed by atoms with Crippen LogP contribution in [0, 0.1) is 0 Å². The van der Waals surface area contributed by atoms with Crippen LogP contribution in [0.5, 0.6) is 0 Å². The molecule has 0 saturated heterocycles. The Morgan fingerprint density at radius 1 is 1.14 bits per heavy atom. The maximum Gasteiger partial charge on any atom is 0.240 e. The average molecular weight is 344 g/mol. The molecule has 0 heterocycles. The van der Waals surface area contributed by atoms with Crippen LogP contribution >= 0.6 is 31.9 Å². The second-order valence-electron chi connectivity index (χ2n) is 2.35. The van der Waals surface area contributed by atoms with Crippen molar-refractivity contribution < 1.29 is 12.8 Å². The zero-order valence-electron chi connectivity index (χ0n) is 6.75. The summed E-state index contributed by atoms with van der Waals surface area (Å²) in [6.07, 6.45) is 0.